The zero-order chi connectivity index (χ0) is 20.4. The number of benzene rings is 2. The molecule has 4 nitrogen and oxygen atoms in total. The SMILES string of the molecule is CC(C)N1CCN(C(=O)CN2CCc3ccccc3C2c2ccccc2F)CC1. The van der Waals surface area contributed by atoms with Crippen LogP contribution < -0.4 is 0 Å². The number of nitrogens with zero attached hydrogens (tertiary/aromatic N) is 3. The second-order valence-corrected chi connectivity index (χ2v) is 8.35. The van der Waals surface area contributed by atoms with Crippen LogP contribution in [0.4, 0.5) is 4.39 Å². The highest BCUT2D eigenvalue weighted by Gasteiger charge is 2.33. The Morgan fingerprint density at radius 2 is 1.62 bits per heavy atom. The fourth-order valence-corrected chi connectivity index (χ4v) is 4.61. The van der Waals surface area contributed by atoms with Crippen LogP contribution in [0.15, 0.2) is 48.5 Å². The molecule has 1 fully saturated rings. The van der Waals surface area contributed by atoms with E-state index in [2.05, 4.69) is 35.8 Å². The van der Waals surface area contributed by atoms with E-state index in [0.717, 1.165) is 44.7 Å². The molecule has 0 spiro atoms. The number of hydrogen-bond acceptors (Lipinski definition) is 3. The maximum atomic E-state index is 14.7. The first kappa shape index (κ1) is 20.0. The number of halogens is 1. The van der Waals surface area contributed by atoms with Crippen molar-refractivity contribution in [2.45, 2.75) is 32.4 Å². The van der Waals surface area contributed by atoms with Crippen LogP contribution in [0.1, 0.15) is 36.6 Å². The van der Waals surface area contributed by atoms with Gasteiger partial charge in [-0.15, -0.1) is 0 Å². The average molecular weight is 396 g/mol. The fraction of sp³-hybridized carbons (Fsp3) is 0.458. The average Bonchev–Trinajstić information content (AvgIpc) is 2.74. The largest absolute Gasteiger partial charge is 0.339 e. The minimum Gasteiger partial charge on any atom is -0.339 e. The van der Waals surface area contributed by atoms with Gasteiger partial charge in [0.05, 0.1) is 12.6 Å². The molecule has 2 aliphatic rings. The van der Waals surface area contributed by atoms with Crippen LogP contribution in [0.5, 0.6) is 0 Å². The summed E-state index contributed by atoms with van der Waals surface area (Å²) in [5.41, 5.74) is 3.01. The van der Waals surface area contributed by atoms with Crippen LogP contribution in [0.2, 0.25) is 0 Å². The number of fused-ring (bicyclic) bond motifs is 1. The molecule has 29 heavy (non-hydrogen) atoms. The van der Waals surface area contributed by atoms with Gasteiger partial charge in [-0.3, -0.25) is 14.6 Å². The first-order valence-electron chi connectivity index (χ1n) is 10.6. The number of hydrogen-bond donors (Lipinski definition) is 0. The van der Waals surface area contributed by atoms with E-state index in [1.807, 2.05) is 29.2 Å². The number of rotatable bonds is 4. The van der Waals surface area contributed by atoms with Crippen molar-refractivity contribution in [2.24, 2.45) is 0 Å². The fourth-order valence-electron chi connectivity index (χ4n) is 4.61. The lowest BCUT2D eigenvalue weighted by Crippen LogP contribution is -2.53. The minimum atomic E-state index is -0.220. The van der Waals surface area contributed by atoms with Crippen molar-refractivity contribution in [3.05, 3.63) is 71.0 Å². The molecular weight excluding hydrogens is 365 g/mol. The summed E-state index contributed by atoms with van der Waals surface area (Å²) in [6, 6.07) is 15.5. The van der Waals surface area contributed by atoms with Gasteiger partial charge in [0.2, 0.25) is 5.91 Å². The van der Waals surface area contributed by atoms with Crippen molar-refractivity contribution in [2.75, 3.05) is 39.3 Å². The molecule has 0 N–H and O–H groups in total. The molecule has 2 aromatic carbocycles. The molecule has 2 aliphatic heterocycles. The molecule has 2 aromatic rings. The van der Waals surface area contributed by atoms with Crippen molar-refractivity contribution in [1.82, 2.24) is 14.7 Å². The summed E-state index contributed by atoms with van der Waals surface area (Å²) in [6.07, 6.45) is 0.884. The van der Waals surface area contributed by atoms with E-state index < -0.39 is 0 Å². The second kappa shape index (κ2) is 8.64. The molecule has 1 saturated heterocycles. The summed E-state index contributed by atoms with van der Waals surface area (Å²) in [5.74, 6) is -0.0636. The molecule has 1 unspecified atom stereocenters. The molecule has 0 aliphatic carbocycles. The van der Waals surface area contributed by atoms with E-state index in [0.29, 0.717) is 18.2 Å². The molecule has 0 saturated carbocycles. The molecule has 0 bridgehead atoms. The second-order valence-electron chi connectivity index (χ2n) is 8.35. The Morgan fingerprint density at radius 3 is 2.31 bits per heavy atom. The third-order valence-electron chi connectivity index (χ3n) is 6.32. The van der Waals surface area contributed by atoms with Gasteiger partial charge in [0.25, 0.3) is 0 Å². The lowest BCUT2D eigenvalue weighted by atomic mass is 9.88. The van der Waals surface area contributed by atoms with Gasteiger partial charge in [0.15, 0.2) is 0 Å². The molecular formula is C24H30FN3O. The van der Waals surface area contributed by atoms with Gasteiger partial charge >= 0.3 is 0 Å². The lowest BCUT2D eigenvalue weighted by molar-refractivity contribution is -0.135. The minimum absolute atomic E-state index is 0.147. The monoisotopic (exact) mass is 395 g/mol. The Bertz CT molecular complexity index is 861. The van der Waals surface area contributed by atoms with Gasteiger partial charge in [0.1, 0.15) is 5.82 Å². The highest BCUT2D eigenvalue weighted by atomic mass is 19.1. The Hall–Kier alpha value is -2.24. The van der Waals surface area contributed by atoms with Crippen LogP contribution >= 0.6 is 0 Å². The van der Waals surface area contributed by atoms with Crippen molar-refractivity contribution in [3.8, 4) is 0 Å². The predicted molar refractivity (Wildman–Crippen MR) is 113 cm³/mol. The third kappa shape index (κ3) is 4.21. The number of amides is 1. The van der Waals surface area contributed by atoms with E-state index >= 15 is 0 Å². The van der Waals surface area contributed by atoms with E-state index in [1.54, 1.807) is 6.07 Å². The van der Waals surface area contributed by atoms with Crippen molar-refractivity contribution in [3.63, 3.8) is 0 Å². The molecule has 1 atom stereocenters. The van der Waals surface area contributed by atoms with Gasteiger partial charge in [-0.05, 0) is 37.5 Å². The summed E-state index contributed by atoms with van der Waals surface area (Å²) < 4.78 is 14.7. The lowest BCUT2D eigenvalue weighted by Gasteiger charge is -2.40. The molecule has 0 aromatic heterocycles. The molecule has 0 radical (unpaired) electrons. The topological polar surface area (TPSA) is 26.8 Å². The van der Waals surface area contributed by atoms with E-state index in [1.165, 1.54) is 11.6 Å². The Balaban J connectivity index is 1.55. The quantitative estimate of drug-likeness (QED) is 0.795. The number of carbonyl (C=O) groups excluding carboxylic acids is 1. The van der Waals surface area contributed by atoms with Gasteiger partial charge in [0, 0.05) is 44.3 Å². The predicted octanol–water partition coefficient (Wildman–Crippen LogP) is 3.33. The van der Waals surface area contributed by atoms with E-state index in [9.17, 15) is 9.18 Å². The van der Waals surface area contributed by atoms with Gasteiger partial charge in [-0.1, -0.05) is 42.5 Å². The van der Waals surface area contributed by atoms with Gasteiger partial charge in [-0.25, -0.2) is 4.39 Å². The molecule has 154 valence electrons. The van der Waals surface area contributed by atoms with Crippen LogP contribution in [-0.4, -0.2) is 65.9 Å². The van der Waals surface area contributed by atoms with E-state index in [-0.39, 0.29) is 17.8 Å². The maximum absolute atomic E-state index is 14.7. The Labute approximate surface area is 172 Å². The normalized spacial score (nSPS) is 20.7. The van der Waals surface area contributed by atoms with E-state index in [4.69, 9.17) is 0 Å². The molecule has 2 heterocycles. The summed E-state index contributed by atoms with van der Waals surface area (Å²) >= 11 is 0. The van der Waals surface area contributed by atoms with Gasteiger partial charge in [-0.2, -0.15) is 0 Å². The van der Waals surface area contributed by atoms with Crippen LogP contribution in [0.25, 0.3) is 0 Å². The smallest absolute Gasteiger partial charge is 0.236 e. The van der Waals surface area contributed by atoms with Crippen molar-refractivity contribution < 1.29 is 9.18 Å². The van der Waals surface area contributed by atoms with Crippen LogP contribution in [0.3, 0.4) is 0 Å². The summed E-state index contributed by atoms with van der Waals surface area (Å²) in [6.45, 7) is 8.86. The van der Waals surface area contributed by atoms with Crippen LogP contribution in [0, 0.1) is 5.82 Å². The van der Waals surface area contributed by atoms with Crippen LogP contribution in [-0.2, 0) is 11.2 Å². The summed E-state index contributed by atoms with van der Waals surface area (Å²) in [7, 11) is 0. The first-order valence-corrected chi connectivity index (χ1v) is 10.6. The number of carbonyl (C=O) groups is 1. The number of piperazine rings is 1. The molecule has 4 rings (SSSR count). The maximum Gasteiger partial charge on any atom is 0.236 e. The Kier molecular flexibility index (Phi) is 5.97. The third-order valence-corrected chi connectivity index (χ3v) is 6.32. The highest BCUT2D eigenvalue weighted by Crippen LogP contribution is 2.36. The standard InChI is InChI=1S/C24H30FN3O/c1-18(2)26-13-15-27(16-14-26)23(29)17-28-12-11-19-7-3-4-8-20(19)24(28)21-9-5-6-10-22(21)25/h3-10,18,24H,11-17H2,1-2H3. The zero-order valence-corrected chi connectivity index (χ0v) is 17.4. The molecule has 5 heteroatoms. The van der Waals surface area contributed by atoms with Crippen molar-refractivity contribution >= 4 is 5.91 Å². The summed E-state index contributed by atoms with van der Waals surface area (Å²) in [5, 5.41) is 0. The molecule has 1 amide bonds. The zero-order valence-electron chi connectivity index (χ0n) is 17.4. The Morgan fingerprint density at radius 1 is 0.966 bits per heavy atom. The summed E-state index contributed by atoms with van der Waals surface area (Å²) in [4.78, 5) is 19.6. The van der Waals surface area contributed by atoms with Gasteiger partial charge < -0.3 is 4.90 Å². The highest BCUT2D eigenvalue weighted by molar-refractivity contribution is 5.78. The first-order chi connectivity index (χ1) is 14.0. The van der Waals surface area contributed by atoms with Crippen molar-refractivity contribution in [1.29, 1.82) is 0 Å².